The van der Waals surface area contributed by atoms with Gasteiger partial charge in [-0.25, -0.2) is 0 Å². The van der Waals surface area contributed by atoms with Crippen LogP contribution in [0.2, 0.25) is 0 Å². The zero-order valence-electron chi connectivity index (χ0n) is 14.3. The molecule has 1 aromatic rings. The second-order valence-electron chi connectivity index (χ2n) is 7.86. The minimum absolute atomic E-state index is 0.107. The number of halogens is 2. The van der Waals surface area contributed by atoms with E-state index in [1.54, 1.807) is 0 Å². The molecule has 0 saturated carbocycles. The predicted octanol–water partition coefficient (Wildman–Crippen LogP) is 5.82. The van der Waals surface area contributed by atoms with Crippen molar-refractivity contribution in [1.82, 2.24) is 0 Å². The fraction of sp³-hybridized carbons (Fsp3) is 0.647. The van der Waals surface area contributed by atoms with Gasteiger partial charge in [-0.2, -0.15) is 0 Å². The molecule has 0 radical (unpaired) electrons. The molecule has 1 aromatic carbocycles. The first kappa shape index (κ1) is 19.2. The normalized spacial score (nSPS) is 14.4. The average molecular weight is 351 g/mol. The summed E-state index contributed by atoms with van der Waals surface area (Å²) in [6.45, 7) is 15.0. The molecule has 1 rings (SSSR count). The van der Waals surface area contributed by atoms with Gasteiger partial charge in [0.15, 0.2) is 0 Å². The van der Waals surface area contributed by atoms with Crippen molar-refractivity contribution >= 4 is 34.0 Å². The number of rotatable bonds is 3. The second-order valence-corrected chi connectivity index (χ2v) is 13.3. The van der Waals surface area contributed by atoms with Crippen molar-refractivity contribution in [3.8, 4) is 0 Å². The van der Waals surface area contributed by atoms with E-state index in [2.05, 4.69) is 60.6 Å². The van der Waals surface area contributed by atoms with Gasteiger partial charge in [-0.05, 0) is 0 Å². The molecule has 0 saturated heterocycles. The Morgan fingerprint density at radius 1 is 0.952 bits per heavy atom. The summed E-state index contributed by atoms with van der Waals surface area (Å²) in [7, 11) is 0. The van der Waals surface area contributed by atoms with Gasteiger partial charge in [0, 0.05) is 0 Å². The number of aryl methyl sites for hydroxylation is 1. The van der Waals surface area contributed by atoms with Gasteiger partial charge in [0.2, 0.25) is 0 Å². The summed E-state index contributed by atoms with van der Waals surface area (Å²) in [5, 5.41) is 0.783. The predicted molar refractivity (Wildman–Crippen MR) is 99.7 cm³/mol. The summed E-state index contributed by atoms with van der Waals surface area (Å²) in [4.78, 5) is 10.5. The Kier molecular flexibility index (Phi) is 5.83. The van der Waals surface area contributed by atoms with Gasteiger partial charge < -0.3 is 0 Å². The Balaban J connectivity index is 3.79. The van der Waals surface area contributed by atoms with E-state index in [-0.39, 0.29) is 10.8 Å². The third-order valence-electron chi connectivity index (χ3n) is 3.65. The second kappa shape index (κ2) is 6.36. The van der Waals surface area contributed by atoms with E-state index in [0.717, 1.165) is 29.3 Å². The first-order valence-electron chi connectivity index (χ1n) is 7.57. The molecule has 0 aliphatic carbocycles. The van der Waals surface area contributed by atoms with Crippen molar-refractivity contribution < 1.29 is 4.89 Å². The molecule has 0 aliphatic rings. The molecular weight excluding hydrogens is 322 g/mol. The molecule has 122 valence electrons. The van der Waals surface area contributed by atoms with Gasteiger partial charge in [0.1, 0.15) is 0 Å². The van der Waals surface area contributed by atoms with Crippen LogP contribution in [0.4, 0.5) is 0 Å². The van der Waals surface area contributed by atoms with Crippen LogP contribution in [0.25, 0.3) is 0 Å². The van der Waals surface area contributed by atoms with Crippen molar-refractivity contribution in [2.75, 3.05) is 0 Å². The average Bonchev–Trinajstić information content (AvgIpc) is 2.24. The minimum atomic E-state index is -3.44. The van der Waals surface area contributed by atoms with Crippen molar-refractivity contribution in [1.29, 1.82) is 0 Å². The van der Waals surface area contributed by atoms with E-state index in [0.29, 0.717) is 0 Å². The van der Waals surface area contributed by atoms with E-state index in [1.807, 2.05) is 0 Å². The Morgan fingerprint density at radius 3 is 1.57 bits per heavy atom. The fourth-order valence-corrected chi connectivity index (χ4v) is 5.41. The fourth-order valence-electron chi connectivity index (χ4n) is 2.64. The first-order valence-corrected chi connectivity index (χ1v) is 11.5. The van der Waals surface area contributed by atoms with Gasteiger partial charge >= 0.3 is 140 Å². The van der Waals surface area contributed by atoms with Crippen LogP contribution in [-0.2, 0) is 17.3 Å². The third kappa shape index (κ3) is 4.83. The zero-order chi connectivity index (χ0) is 16.6. The van der Waals surface area contributed by atoms with Crippen molar-refractivity contribution in [2.45, 2.75) is 72.1 Å². The summed E-state index contributed by atoms with van der Waals surface area (Å²) in [6.07, 6.45) is -1.33. The van der Waals surface area contributed by atoms with Crippen LogP contribution >= 0.6 is 28.7 Å². The van der Waals surface area contributed by atoms with Crippen molar-refractivity contribution in [2.24, 2.45) is 0 Å². The van der Waals surface area contributed by atoms with E-state index in [9.17, 15) is 4.89 Å². The van der Waals surface area contributed by atoms with Gasteiger partial charge in [-0.1, -0.05) is 0 Å². The van der Waals surface area contributed by atoms with Crippen LogP contribution in [0, 0.1) is 0 Å². The Bertz CT molecular complexity index is 470. The number of benzene rings is 1. The van der Waals surface area contributed by atoms with Crippen LogP contribution in [0.15, 0.2) is 12.1 Å². The Hall–Kier alpha value is 0.190. The van der Waals surface area contributed by atoms with E-state index in [1.165, 1.54) is 5.56 Å². The van der Waals surface area contributed by atoms with Gasteiger partial charge in [0.25, 0.3) is 0 Å². The van der Waals surface area contributed by atoms with E-state index >= 15 is 0 Å². The summed E-state index contributed by atoms with van der Waals surface area (Å²) in [6, 6.07) is 4.35. The number of hydrogen-bond acceptors (Lipinski definition) is 1. The molecule has 0 heterocycles. The van der Waals surface area contributed by atoms with Gasteiger partial charge in [-0.15, -0.1) is 0 Å². The molecule has 0 bridgehead atoms. The van der Waals surface area contributed by atoms with Crippen LogP contribution in [0.3, 0.4) is 0 Å². The SMILES string of the molecule is CCCc1cc(C(C)(C)C)c([PH](O)(Cl)Cl)c(C(C)(C)C)c1. The quantitative estimate of drug-likeness (QED) is 0.680. The maximum atomic E-state index is 10.5. The molecule has 0 aromatic heterocycles. The van der Waals surface area contributed by atoms with E-state index < -0.39 is 6.19 Å². The zero-order valence-corrected chi connectivity index (χ0v) is 16.8. The number of hydrogen-bond donors (Lipinski definition) is 1. The van der Waals surface area contributed by atoms with Gasteiger partial charge in [-0.3, -0.25) is 0 Å². The van der Waals surface area contributed by atoms with Crippen LogP contribution in [0.1, 0.15) is 71.6 Å². The van der Waals surface area contributed by atoms with Crippen molar-refractivity contribution in [3.63, 3.8) is 0 Å². The molecule has 1 N–H and O–H groups in total. The molecule has 0 fully saturated rings. The molecule has 21 heavy (non-hydrogen) atoms. The van der Waals surface area contributed by atoms with Crippen LogP contribution in [-0.4, -0.2) is 4.89 Å². The van der Waals surface area contributed by atoms with Crippen LogP contribution < -0.4 is 5.30 Å². The summed E-state index contributed by atoms with van der Waals surface area (Å²) in [5.74, 6) is 0. The molecule has 0 amide bonds. The van der Waals surface area contributed by atoms with Crippen LogP contribution in [0.5, 0.6) is 0 Å². The molecule has 0 unspecified atom stereocenters. The molecular formula is C17H29Cl2OP. The molecule has 0 atom stereocenters. The standard InChI is InChI=1S/C17H29Cl2OP/c1-8-9-12-10-13(16(2,3)4)15(21(18,19)20)14(11-12)17(5,6)7/h10-11,20-21H,8-9H2,1-7H3. The maximum absolute atomic E-state index is 10.5. The topological polar surface area (TPSA) is 20.2 Å². The third-order valence-corrected chi connectivity index (χ3v) is 5.93. The monoisotopic (exact) mass is 350 g/mol. The Labute approximate surface area is 140 Å². The van der Waals surface area contributed by atoms with Gasteiger partial charge in [0.05, 0.1) is 0 Å². The summed E-state index contributed by atoms with van der Waals surface area (Å²) in [5.41, 5.74) is 3.24. The molecule has 0 spiro atoms. The summed E-state index contributed by atoms with van der Waals surface area (Å²) < 4.78 is 0. The van der Waals surface area contributed by atoms with Crippen molar-refractivity contribution in [3.05, 3.63) is 28.8 Å². The molecule has 4 heteroatoms. The molecule has 1 nitrogen and oxygen atoms in total. The molecule has 0 aliphatic heterocycles. The Morgan fingerprint density at radius 2 is 1.33 bits per heavy atom. The summed E-state index contributed by atoms with van der Waals surface area (Å²) >= 11 is 12.5. The van der Waals surface area contributed by atoms with E-state index in [4.69, 9.17) is 22.5 Å². The first-order chi connectivity index (χ1) is 9.28.